The lowest BCUT2D eigenvalue weighted by Crippen LogP contribution is -2.19. The summed E-state index contributed by atoms with van der Waals surface area (Å²) in [5, 5.41) is 0. The van der Waals surface area contributed by atoms with Gasteiger partial charge in [-0.2, -0.15) is 0 Å². The van der Waals surface area contributed by atoms with Crippen molar-refractivity contribution in [3.8, 4) is 0 Å². The number of rotatable bonds is 2. The van der Waals surface area contributed by atoms with E-state index in [2.05, 4.69) is 9.97 Å². The van der Waals surface area contributed by atoms with E-state index >= 15 is 0 Å². The van der Waals surface area contributed by atoms with Gasteiger partial charge in [-0.15, -0.1) is 0 Å². The number of carbonyl (C=O) groups excluding carboxylic acids is 1. The van der Waals surface area contributed by atoms with Gasteiger partial charge in [-0.05, 0) is 13.3 Å². The van der Waals surface area contributed by atoms with Crippen LogP contribution in [0.25, 0.3) is 0 Å². The molecule has 2 heterocycles. The van der Waals surface area contributed by atoms with E-state index < -0.39 is 5.91 Å². The summed E-state index contributed by atoms with van der Waals surface area (Å²) in [6, 6.07) is 0. The van der Waals surface area contributed by atoms with Crippen molar-refractivity contribution in [2.75, 3.05) is 18.9 Å². The van der Waals surface area contributed by atoms with Crippen molar-refractivity contribution in [2.24, 2.45) is 5.73 Å². The summed E-state index contributed by atoms with van der Waals surface area (Å²) in [6.07, 6.45) is 0.884. The Morgan fingerprint density at radius 3 is 2.75 bits per heavy atom. The first-order chi connectivity index (χ1) is 7.59. The van der Waals surface area contributed by atoms with Crippen LogP contribution in [-0.2, 0) is 4.74 Å². The molecule has 1 unspecified atom stereocenters. The van der Waals surface area contributed by atoms with E-state index in [1.54, 1.807) is 6.92 Å². The Hall–Kier alpha value is -1.69. The first kappa shape index (κ1) is 10.8. The molecule has 4 N–H and O–H groups in total. The number of hydrogen-bond donors (Lipinski definition) is 2. The van der Waals surface area contributed by atoms with Gasteiger partial charge in [0, 0.05) is 12.5 Å². The van der Waals surface area contributed by atoms with Crippen molar-refractivity contribution < 1.29 is 9.53 Å². The summed E-state index contributed by atoms with van der Waals surface area (Å²) in [5.41, 5.74) is 11.6. The van der Waals surface area contributed by atoms with E-state index in [0.717, 1.165) is 6.42 Å². The molecule has 6 nitrogen and oxygen atoms in total. The van der Waals surface area contributed by atoms with Gasteiger partial charge in [0.15, 0.2) is 0 Å². The molecule has 86 valence electrons. The Morgan fingerprint density at radius 2 is 2.25 bits per heavy atom. The van der Waals surface area contributed by atoms with Crippen LogP contribution in [0, 0.1) is 6.92 Å². The second-order valence-electron chi connectivity index (χ2n) is 3.85. The van der Waals surface area contributed by atoms with Gasteiger partial charge in [-0.1, -0.05) is 0 Å². The molecule has 2 rings (SSSR count). The number of anilines is 1. The molecule has 1 saturated heterocycles. The third-order valence-corrected chi connectivity index (χ3v) is 2.68. The highest BCUT2D eigenvalue weighted by Crippen LogP contribution is 2.24. The lowest BCUT2D eigenvalue weighted by Gasteiger charge is -2.10. The zero-order valence-corrected chi connectivity index (χ0v) is 9.06. The number of amides is 1. The number of aryl methyl sites for hydroxylation is 1. The van der Waals surface area contributed by atoms with Crippen molar-refractivity contribution in [3.05, 3.63) is 17.1 Å². The fourth-order valence-electron chi connectivity index (χ4n) is 1.84. The van der Waals surface area contributed by atoms with Gasteiger partial charge in [-0.3, -0.25) is 4.79 Å². The number of nitrogens with zero attached hydrogens (tertiary/aromatic N) is 2. The average molecular weight is 222 g/mol. The SMILES string of the molecule is Cc1nc(C2CCOC2)nc(N)c1C(N)=O. The zero-order chi connectivity index (χ0) is 11.7. The van der Waals surface area contributed by atoms with Crippen LogP contribution in [0.1, 0.15) is 34.2 Å². The molecule has 0 bridgehead atoms. The molecule has 0 aliphatic carbocycles. The van der Waals surface area contributed by atoms with Gasteiger partial charge in [0.1, 0.15) is 17.2 Å². The molecule has 1 aromatic rings. The molecule has 0 aromatic carbocycles. The maximum Gasteiger partial charge on any atom is 0.254 e. The maximum atomic E-state index is 11.1. The summed E-state index contributed by atoms with van der Waals surface area (Å²) in [4.78, 5) is 19.5. The van der Waals surface area contributed by atoms with Gasteiger partial charge in [0.05, 0.1) is 12.3 Å². The molecule has 0 radical (unpaired) electrons. The Morgan fingerprint density at radius 1 is 1.50 bits per heavy atom. The highest BCUT2D eigenvalue weighted by atomic mass is 16.5. The summed E-state index contributed by atoms with van der Waals surface area (Å²) in [5.74, 6) is 0.367. The molecule has 1 aliphatic rings. The lowest BCUT2D eigenvalue weighted by atomic mass is 10.1. The van der Waals surface area contributed by atoms with Crippen LogP contribution in [0.3, 0.4) is 0 Å². The molecule has 16 heavy (non-hydrogen) atoms. The summed E-state index contributed by atoms with van der Waals surface area (Å²) in [6.45, 7) is 3.02. The van der Waals surface area contributed by atoms with Crippen LogP contribution in [0.15, 0.2) is 0 Å². The maximum absolute atomic E-state index is 11.1. The number of hydrogen-bond acceptors (Lipinski definition) is 5. The van der Waals surface area contributed by atoms with E-state index in [1.807, 2.05) is 0 Å². The number of nitrogens with two attached hydrogens (primary N) is 2. The molecule has 1 amide bonds. The van der Waals surface area contributed by atoms with E-state index in [4.69, 9.17) is 16.2 Å². The minimum Gasteiger partial charge on any atom is -0.383 e. The molecule has 1 aromatic heterocycles. The third-order valence-electron chi connectivity index (χ3n) is 2.68. The van der Waals surface area contributed by atoms with Crippen molar-refractivity contribution in [1.82, 2.24) is 9.97 Å². The lowest BCUT2D eigenvalue weighted by molar-refractivity contribution is 0.1000. The molecule has 1 atom stereocenters. The number of ether oxygens (including phenoxy) is 1. The highest BCUT2D eigenvalue weighted by molar-refractivity contribution is 5.98. The van der Waals surface area contributed by atoms with Crippen LogP contribution in [0.2, 0.25) is 0 Å². The largest absolute Gasteiger partial charge is 0.383 e. The minimum atomic E-state index is -0.593. The second kappa shape index (κ2) is 4.05. The second-order valence-corrected chi connectivity index (χ2v) is 3.85. The normalized spacial score (nSPS) is 19.9. The van der Waals surface area contributed by atoms with Gasteiger partial charge in [0.25, 0.3) is 5.91 Å². The van der Waals surface area contributed by atoms with Crippen LogP contribution in [0.4, 0.5) is 5.82 Å². The number of primary amides is 1. The number of nitrogen functional groups attached to an aromatic ring is 1. The van der Waals surface area contributed by atoms with Crippen molar-refractivity contribution >= 4 is 11.7 Å². The molecular weight excluding hydrogens is 208 g/mol. The number of aromatic nitrogens is 2. The molecule has 6 heteroatoms. The Bertz CT molecular complexity index is 404. The van der Waals surface area contributed by atoms with Gasteiger partial charge in [-0.25, -0.2) is 9.97 Å². The molecule has 0 saturated carbocycles. The predicted octanol–water partition coefficient (Wildman–Crippen LogP) is -0.0300. The Balaban J connectivity index is 2.40. The summed E-state index contributed by atoms with van der Waals surface area (Å²) >= 11 is 0. The fourth-order valence-corrected chi connectivity index (χ4v) is 1.84. The van der Waals surface area contributed by atoms with Gasteiger partial charge >= 0.3 is 0 Å². The van der Waals surface area contributed by atoms with Gasteiger partial charge in [0.2, 0.25) is 0 Å². The monoisotopic (exact) mass is 222 g/mol. The van der Waals surface area contributed by atoms with Crippen LogP contribution in [-0.4, -0.2) is 29.1 Å². The summed E-state index contributed by atoms with van der Waals surface area (Å²) in [7, 11) is 0. The topological polar surface area (TPSA) is 104 Å². The van der Waals surface area contributed by atoms with Crippen LogP contribution >= 0.6 is 0 Å². The quantitative estimate of drug-likeness (QED) is 0.731. The summed E-state index contributed by atoms with van der Waals surface area (Å²) < 4.78 is 5.26. The fraction of sp³-hybridized carbons (Fsp3) is 0.500. The predicted molar refractivity (Wildman–Crippen MR) is 57.9 cm³/mol. The smallest absolute Gasteiger partial charge is 0.254 e. The van der Waals surface area contributed by atoms with Crippen LogP contribution < -0.4 is 11.5 Å². The Labute approximate surface area is 93.0 Å². The van der Waals surface area contributed by atoms with Gasteiger partial charge < -0.3 is 16.2 Å². The number of carbonyl (C=O) groups is 1. The Kier molecular flexibility index (Phi) is 2.74. The minimum absolute atomic E-state index is 0.155. The standard InChI is InChI=1S/C10H14N4O2/c1-5-7(9(12)15)8(11)14-10(13-5)6-2-3-16-4-6/h6H,2-4H2,1H3,(H2,12,15)(H2,11,13,14). The van der Waals surface area contributed by atoms with E-state index in [0.29, 0.717) is 24.7 Å². The molecule has 0 spiro atoms. The van der Waals surface area contributed by atoms with Crippen molar-refractivity contribution in [2.45, 2.75) is 19.3 Å². The van der Waals surface area contributed by atoms with E-state index in [-0.39, 0.29) is 17.3 Å². The molecule has 1 fully saturated rings. The average Bonchev–Trinajstić information content (AvgIpc) is 2.67. The third kappa shape index (κ3) is 1.83. The van der Waals surface area contributed by atoms with E-state index in [1.165, 1.54) is 0 Å². The highest BCUT2D eigenvalue weighted by Gasteiger charge is 2.23. The first-order valence-corrected chi connectivity index (χ1v) is 5.11. The first-order valence-electron chi connectivity index (χ1n) is 5.11. The van der Waals surface area contributed by atoms with Crippen molar-refractivity contribution in [1.29, 1.82) is 0 Å². The molecule has 1 aliphatic heterocycles. The van der Waals surface area contributed by atoms with E-state index in [9.17, 15) is 4.79 Å². The molecular formula is C10H14N4O2. The van der Waals surface area contributed by atoms with Crippen molar-refractivity contribution in [3.63, 3.8) is 0 Å². The van der Waals surface area contributed by atoms with Crippen LogP contribution in [0.5, 0.6) is 0 Å². The zero-order valence-electron chi connectivity index (χ0n) is 9.06.